The Morgan fingerprint density at radius 2 is 1.53 bits per heavy atom. The molecule has 2 nitrogen and oxygen atoms in total. The third-order valence-corrected chi connectivity index (χ3v) is 11.5. The summed E-state index contributed by atoms with van der Waals surface area (Å²) in [6, 6.07) is 17.4. The van der Waals surface area contributed by atoms with Crippen molar-refractivity contribution in [1.29, 1.82) is 0 Å². The van der Waals surface area contributed by atoms with E-state index in [2.05, 4.69) is 98.3 Å². The van der Waals surface area contributed by atoms with Gasteiger partial charge in [0.05, 0.1) is 0 Å². The van der Waals surface area contributed by atoms with Crippen LogP contribution in [0, 0.1) is 25.2 Å². The summed E-state index contributed by atoms with van der Waals surface area (Å²) in [6.45, 7) is 9.98. The summed E-state index contributed by atoms with van der Waals surface area (Å²) in [5.74, 6) is 2.12. The predicted octanol–water partition coefficient (Wildman–Crippen LogP) is 9.67. The Morgan fingerprint density at radius 3 is 2.09 bits per heavy atom. The number of para-hydroxylation sites is 4. The molecule has 0 spiro atoms. The number of hydrogen-bond donors (Lipinski definition) is 0. The molecule has 1 heterocycles. The van der Waals surface area contributed by atoms with Gasteiger partial charge in [-0.25, -0.2) is 0 Å². The average molecular weight is 519 g/mol. The maximum atomic E-state index is 4.97. The van der Waals surface area contributed by atoms with Crippen LogP contribution in [0.1, 0.15) is 20.3 Å². The molecule has 0 saturated heterocycles. The summed E-state index contributed by atoms with van der Waals surface area (Å²) in [7, 11) is 7.90. The average Bonchev–Trinajstić information content (AvgIpc) is 3.10. The summed E-state index contributed by atoms with van der Waals surface area (Å²) in [6.07, 6.45) is 8.46. The molecule has 1 aliphatic heterocycles. The van der Waals surface area contributed by atoms with Crippen LogP contribution in [0.5, 0.6) is 0 Å². The van der Waals surface area contributed by atoms with E-state index in [4.69, 9.17) is 23.9 Å². The molecule has 0 aromatic heterocycles. The van der Waals surface area contributed by atoms with Crippen LogP contribution in [-0.4, -0.2) is 8.24 Å². The zero-order chi connectivity index (χ0) is 22.2. The minimum absolute atomic E-state index is 0. The Hall–Kier alpha value is -0.969. The molecule has 32 heavy (non-hydrogen) atoms. The van der Waals surface area contributed by atoms with Gasteiger partial charge in [-0.3, -0.25) is 0 Å². The standard InChI is InChI=1S/C25H29N2Si.CH3.2ClH.Ti/c1-17-10-9-11-19-20(17)16-18(2)25(19)28(3,4)27-23-14-7-5-12-21(23)26-22-13-6-8-15-24(22)27;;;;/h5-15,18-20,25H,16H2,1-4H3;1H3;2*1H;/q2*-1;;;+2/p-2. The van der Waals surface area contributed by atoms with Gasteiger partial charge in [-0.1, -0.05) is 80.2 Å². The van der Waals surface area contributed by atoms with E-state index in [0.717, 1.165) is 28.8 Å². The third-order valence-electron chi connectivity index (χ3n) is 7.27. The fourth-order valence-corrected chi connectivity index (χ4v) is 11.0. The molecule has 0 radical (unpaired) electrons. The van der Waals surface area contributed by atoms with E-state index < -0.39 is 25.3 Å². The summed E-state index contributed by atoms with van der Waals surface area (Å²) in [5.41, 5.74) is 7.09. The number of hydrogen-bond acceptors (Lipinski definition) is 1. The first-order valence-corrected chi connectivity index (χ1v) is 18.2. The molecule has 0 N–H and O–H groups in total. The van der Waals surface area contributed by atoms with Crippen molar-refractivity contribution in [2.45, 2.75) is 38.9 Å². The second kappa shape index (κ2) is 10.5. The molecule has 2 aromatic rings. The van der Waals surface area contributed by atoms with Crippen LogP contribution in [0.3, 0.4) is 0 Å². The maximum absolute atomic E-state index is 4.97. The van der Waals surface area contributed by atoms with Crippen LogP contribution >= 0.6 is 18.6 Å². The summed E-state index contributed by atoms with van der Waals surface area (Å²) in [4.78, 5) is 0. The van der Waals surface area contributed by atoms with Crippen molar-refractivity contribution in [3.8, 4) is 0 Å². The quantitative estimate of drug-likeness (QED) is 0.285. The molecular weight excluding hydrogens is 487 g/mol. The van der Waals surface area contributed by atoms with Crippen molar-refractivity contribution in [3.05, 3.63) is 85.1 Å². The molecule has 170 valence electrons. The van der Waals surface area contributed by atoms with Gasteiger partial charge >= 0.3 is 35.6 Å². The van der Waals surface area contributed by atoms with Crippen LogP contribution in [0.4, 0.5) is 22.7 Å². The fraction of sp³-hybridized carbons (Fsp3) is 0.346. The Morgan fingerprint density at radius 1 is 1.00 bits per heavy atom. The monoisotopic (exact) mass is 518 g/mol. The Bertz CT molecular complexity index is 961. The number of anilines is 2. The molecular formula is C26H32Cl2N2SiTi-2. The van der Waals surface area contributed by atoms with E-state index in [9.17, 15) is 0 Å². The molecule has 0 bridgehead atoms. The van der Waals surface area contributed by atoms with Gasteiger partial charge in [0, 0.05) is 11.4 Å². The second-order valence-corrected chi connectivity index (χ2v) is 16.4. The fourth-order valence-electron chi connectivity index (χ4n) is 6.23. The zero-order valence-corrected chi connectivity index (χ0v) is 23.6. The van der Waals surface area contributed by atoms with E-state index in [1.54, 1.807) is 5.57 Å². The van der Waals surface area contributed by atoms with E-state index in [-0.39, 0.29) is 7.43 Å². The third kappa shape index (κ3) is 4.52. The van der Waals surface area contributed by atoms with Crippen molar-refractivity contribution >= 4 is 49.6 Å². The number of rotatable bonds is 2. The van der Waals surface area contributed by atoms with Crippen molar-refractivity contribution in [3.63, 3.8) is 0 Å². The van der Waals surface area contributed by atoms with Crippen LogP contribution in [0.25, 0.3) is 5.32 Å². The van der Waals surface area contributed by atoms with Crippen molar-refractivity contribution < 1.29 is 17.0 Å². The molecule has 1 saturated carbocycles. The van der Waals surface area contributed by atoms with Crippen molar-refractivity contribution in [2.75, 3.05) is 4.57 Å². The van der Waals surface area contributed by atoms with Crippen molar-refractivity contribution in [2.24, 2.45) is 17.8 Å². The predicted molar refractivity (Wildman–Crippen MR) is 141 cm³/mol. The number of allylic oxidation sites excluding steroid dienone is 4. The van der Waals surface area contributed by atoms with Crippen LogP contribution in [-0.2, 0) is 17.0 Å². The molecule has 0 amide bonds. The first-order valence-electron chi connectivity index (χ1n) is 10.9. The molecule has 3 aliphatic rings. The summed E-state index contributed by atoms with van der Waals surface area (Å²) < 4.78 is 2.72. The van der Waals surface area contributed by atoms with Gasteiger partial charge in [0.2, 0.25) is 0 Å². The SMILES string of the molecule is CC1=CC=CC2C1CC(C)C2[Si](C)(C)N1c2ccccc2[N-]c2ccccc21.[CH3-].[Cl][Ti][Cl]. The number of nitrogens with zero attached hydrogens (tertiary/aromatic N) is 2. The van der Waals surface area contributed by atoms with Crippen LogP contribution in [0.2, 0.25) is 18.6 Å². The van der Waals surface area contributed by atoms with E-state index >= 15 is 0 Å². The van der Waals surface area contributed by atoms with Crippen LogP contribution in [0.15, 0.2) is 72.3 Å². The molecule has 2 aromatic carbocycles. The van der Waals surface area contributed by atoms with Crippen molar-refractivity contribution in [1.82, 2.24) is 0 Å². The molecule has 6 heteroatoms. The second-order valence-electron chi connectivity index (χ2n) is 9.37. The van der Waals surface area contributed by atoms with Gasteiger partial charge in [-0.2, -0.15) is 0 Å². The molecule has 1 fully saturated rings. The van der Waals surface area contributed by atoms with Gasteiger partial charge < -0.3 is 17.3 Å². The number of fused-ring (bicyclic) bond motifs is 3. The summed E-state index contributed by atoms with van der Waals surface area (Å²) in [5, 5.41) is 4.97. The Labute approximate surface area is 211 Å². The molecule has 4 unspecified atom stereocenters. The molecule has 2 aliphatic carbocycles. The first-order chi connectivity index (χ1) is 14.9. The normalized spacial score (nSPS) is 25.1. The van der Waals surface area contributed by atoms with E-state index in [1.165, 1.54) is 17.8 Å². The number of benzene rings is 2. The minimum atomic E-state index is -1.88. The summed E-state index contributed by atoms with van der Waals surface area (Å²) >= 11 is -0.556. The molecule has 4 atom stereocenters. The Balaban J connectivity index is 0.000000686. The van der Waals surface area contributed by atoms with Gasteiger partial charge in [-0.15, -0.1) is 11.4 Å². The Kier molecular flexibility index (Phi) is 8.44. The number of halogens is 2. The zero-order valence-electron chi connectivity index (χ0n) is 19.5. The molecule has 5 rings (SSSR count). The van der Waals surface area contributed by atoms with Gasteiger partial charge in [-0.05, 0) is 48.8 Å². The van der Waals surface area contributed by atoms with E-state index in [0.29, 0.717) is 5.92 Å². The van der Waals surface area contributed by atoms with Crippen LogP contribution < -0.4 is 4.57 Å². The topological polar surface area (TPSA) is 17.3 Å². The van der Waals surface area contributed by atoms with Gasteiger partial charge in [0.1, 0.15) is 0 Å². The van der Waals surface area contributed by atoms with Gasteiger partial charge in [0.25, 0.3) is 0 Å². The van der Waals surface area contributed by atoms with E-state index in [1.807, 2.05) is 0 Å². The van der Waals surface area contributed by atoms with Gasteiger partial charge in [0.15, 0.2) is 8.24 Å². The first kappa shape index (κ1) is 25.7.